The first-order valence-corrected chi connectivity index (χ1v) is 9.98. The topological polar surface area (TPSA) is 51.6 Å². The van der Waals surface area contributed by atoms with Crippen LogP contribution in [0.2, 0.25) is 0 Å². The molecule has 5 heteroatoms. The Morgan fingerprint density at radius 1 is 0.690 bits per heavy atom. The van der Waals surface area contributed by atoms with Crippen molar-refractivity contribution >= 4 is 34.9 Å². The number of benzene rings is 2. The van der Waals surface area contributed by atoms with Crippen molar-refractivity contribution in [2.75, 3.05) is 0 Å². The van der Waals surface area contributed by atoms with Crippen molar-refractivity contribution in [2.24, 2.45) is 0 Å². The van der Waals surface area contributed by atoms with Gasteiger partial charge in [0.15, 0.2) is 0 Å². The van der Waals surface area contributed by atoms with Gasteiger partial charge >= 0.3 is 0 Å². The maximum Gasteiger partial charge on any atom is 0.131 e. The van der Waals surface area contributed by atoms with E-state index < -0.39 is 0 Å². The van der Waals surface area contributed by atoms with E-state index in [9.17, 15) is 0 Å². The number of hydrogen-bond donors (Lipinski definition) is 0. The van der Waals surface area contributed by atoms with Crippen molar-refractivity contribution in [1.29, 1.82) is 0 Å². The molecule has 0 unspecified atom stereocenters. The Morgan fingerprint density at radius 2 is 1.41 bits per heavy atom. The van der Waals surface area contributed by atoms with E-state index in [1.807, 2.05) is 66.9 Å². The maximum atomic E-state index is 5.03. The fourth-order valence-electron chi connectivity index (χ4n) is 3.32. The summed E-state index contributed by atoms with van der Waals surface area (Å²) >= 11 is 1.22. The summed E-state index contributed by atoms with van der Waals surface area (Å²) < 4.78 is 9.22. The van der Waals surface area contributed by atoms with Crippen molar-refractivity contribution in [2.45, 2.75) is 0 Å². The predicted molar refractivity (Wildman–Crippen MR) is 119 cm³/mol. The number of fused-ring (bicyclic) bond motifs is 1. The van der Waals surface area contributed by atoms with Crippen LogP contribution in [0.1, 0.15) is 11.3 Å². The number of pyridine rings is 2. The Kier molecular flexibility index (Phi) is 4.64. The van der Waals surface area contributed by atoms with E-state index in [4.69, 9.17) is 4.98 Å². The smallest absolute Gasteiger partial charge is 0.131 e. The summed E-state index contributed by atoms with van der Waals surface area (Å²) in [4.78, 5) is 9.22. The molecule has 138 valence electrons. The molecule has 0 radical (unpaired) electrons. The summed E-state index contributed by atoms with van der Waals surface area (Å²) in [5, 5.41) is 0. The largest absolute Gasteiger partial charge is 0.264 e. The highest BCUT2D eigenvalue weighted by Gasteiger charge is 2.18. The molecule has 4 nitrogen and oxygen atoms in total. The van der Waals surface area contributed by atoms with Gasteiger partial charge in [-0.05, 0) is 23.3 Å². The summed E-state index contributed by atoms with van der Waals surface area (Å²) in [6, 6.07) is 24.3. The van der Waals surface area contributed by atoms with Crippen molar-refractivity contribution in [3.8, 4) is 22.4 Å². The van der Waals surface area contributed by atoms with E-state index in [0.717, 1.165) is 44.7 Å². The van der Waals surface area contributed by atoms with E-state index in [-0.39, 0.29) is 0 Å². The second-order valence-electron chi connectivity index (χ2n) is 6.53. The third kappa shape index (κ3) is 3.44. The Balaban J connectivity index is 1.78. The average Bonchev–Trinajstić information content (AvgIpc) is 3.28. The van der Waals surface area contributed by atoms with Gasteiger partial charge in [0.25, 0.3) is 0 Å². The van der Waals surface area contributed by atoms with Gasteiger partial charge in [0.2, 0.25) is 0 Å². The molecule has 0 atom stereocenters. The zero-order valence-corrected chi connectivity index (χ0v) is 16.3. The molecule has 3 heterocycles. The molecule has 5 rings (SSSR count). The number of hydrogen-bond acceptors (Lipinski definition) is 5. The van der Waals surface area contributed by atoms with Gasteiger partial charge < -0.3 is 0 Å². The van der Waals surface area contributed by atoms with E-state index in [0.29, 0.717) is 0 Å². The fourth-order valence-corrected chi connectivity index (χ4v) is 3.87. The summed E-state index contributed by atoms with van der Waals surface area (Å²) in [5.74, 6) is 0. The second-order valence-corrected chi connectivity index (χ2v) is 7.06. The highest BCUT2D eigenvalue weighted by Crippen LogP contribution is 2.36. The Morgan fingerprint density at radius 3 is 2.14 bits per heavy atom. The van der Waals surface area contributed by atoms with Crippen LogP contribution in [0.25, 0.3) is 45.6 Å². The van der Waals surface area contributed by atoms with E-state index in [2.05, 4.69) is 38.0 Å². The monoisotopic (exact) mass is 392 g/mol. The van der Waals surface area contributed by atoms with Gasteiger partial charge in [-0.15, -0.1) is 0 Å². The van der Waals surface area contributed by atoms with Crippen molar-refractivity contribution in [1.82, 2.24) is 18.7 Å². The molecule has 0 N–H and O–H groups in total. The molecule has 29 heavy (non-hydrogen) atoms. The van der Waals surface area contributed by atoms with Crippen LogP contribution in [0.4, 0.5) is 0 Å². The molecular weight excluding hydrogens is 376 g/mol. The first-order valence-electron chi connectivity index (χ1n) is 9.25. The lowest BCUT2D eigenvalue weighted by atomic mass is 9.99. The lowest BCUT2D eigenvalue weighted by Crippen LogP contribution is -1.95. The normalized spacial score (nSPS) is 11.3. The average molecular weight is 392 g/mol. The zero-order chi connectivity index (χ0) is 19.5. The van der Waals surface area contributed by atoms with Crippen LogP contribution >= 0.6 is 11.7 Å². The molecule has 3 aromatic heterocycles. The second kappa shape index (κ2) is 7.73. The van der Waals surface area contributed by atoms with Crippen LogP contribution in [0.5, 0.6) is 0 Å². The molecule has 0 saturated heterocycles. The molecule has 0 fully saturated rings. The Hall–Kier alpha value is -3.70. The minimum atomic E-state index is 0.832. The van der Waals surface area contributed by atoms with Crippen molar-refractivity contribution < 1.29 is 0 Å². The summed E-state index contributed by atoms with van der Waals surface area (Å²) in [6.07, 6.45) is 7.66. The Labute approximate surface area is 172 Å². The van der Waals surface area contributed by atoms with Gasteiger partial charge in [-0.3, -0.25) is 4.98 Å². The van der Waals surface area contributed by atoms with Gasteiger partial charge in [-0.25, -0.2) is 4.98 Å². The van der Waals surface area contributed by atoms with Crippen LogP contribution in [0, 0.1) is 0 Å². The Bertz CT molecular complexity index is 1280. The first-order chi connectivity index (χ1) is 14.4. The fraction of sp³-hybridized carbons (Fsp3) is 0. The summed E-state index contributed by atoms with van der Waals surface area (Å²) in [7, 11) is 0. The molecule has 0 saturated carbocycles. The molecule has 0 aliphatic rings. The quantitative estimate of drug-likeness (QED) is 0.377. The van der Waals surface area contributed by atoms with Gasteiger partial charge in [0.1, 0.15) is 11.0 Å². The summed E-state index contributed by atoms with van der Waals surface area (Å²) in [6.45, 7) is 0. The van der Waals surface area contributed by atoms with Gasteiger partial charge in [0.05, 0.1) is 23.1 Å². The molecule has 0 aliphatic heterocycles. The van der Waals surface area contributed by atoms with E-state index in [1.165, 1.54) is 11.7 Å². The minimum Gasteiger partial charge on any atom is -0.264 e. The van der Waals surface area contributed by atoms with Crippen LogP contribution < -0.4 is 0 Å². The standard InChI is InChI=1S/C24H16N4S/c1-3-9-18(10-4-1)21-20(14-13-17-8-7-15-25-16-17)26-22(19-11-5-2-6-12-19)24-23(21)27-29-28-24/h1-16H/b14-13+. The zero-order valence-electron chi connectivity index (χ0n) is 15.4. The van der Waals surface area contributed by atoms with Gasteiger partial charge in [0, 0.05) is 23.5 Å². The third-order valence-electron chi connectivity index (χ3n) is 4.67. The molecule has 0 bridgehead atoms. The SMILES string of the molecule is C(=C\c1nc(-c2ccccc2)c2nsnc2c1-c1ccccc1)/c1cccnc1. The van der Waals surface area contributed by atoms with Crippen molar-refractivity contribution in [3.63, 3.8) is 0 Å². The number of nitrogens with zero attached hydrogens (tertiary/aromatic N) is 4. The molecule has 5 aromatic rings. The van der Waals surface area contributed by atoms with Gasteiger partial charge in [-0.1, -0.05) is 72.8 Å². The lowest BCUT2D eigenvalue weighted by molar-refractivity contribution is 1.31. The molecular formula is C24H16N4S. The lowest BCUT2D eigenvalue weighted by Gasteiger charge is -2.10. The molecule has 0 aliphatic carbocycles. The third-order valence-corrected chi connectivity index (χ3v) is 5.19. The van der Waals surface area contributed by atoms with Crippen LogP contribution in [0.15, 0.2) is 85.2 Å². The van der Waals surface area contributed by atoms with Crippen molar-refractivity contribution in [3.05, 3.63) is 96.4 Å². The molecule has 0 spiro atoms. The summed E-state index contributed by atoms with van der Waals surface area (Å²) in [5.41, 5.74) is 7.53. The van der Waals surface area contributed by atoms with Crippen LogP contribution in [0.3, 0.4) is 0 Å². The predicted octanol–water partition coefficient (Wildman–Crippen LogP) is 5.99. The van der Waals surface area contributed by atoms with E-state index in [1.54, 1.807) is 6.20 Å². The number of aromatic nitrogens is 4. The highest BCUT2D eigenvalue weighted by molar-refractivity contribution is 7.00. The minimum absolute atomic E-state index is 0.832. The van der Waals surface area contributed by atoms with E-state index >= 15 is 0 Å². The highest BCUT2D eigenvalue weighted by atomic mass is 32.1. The molecule has 0 amide bonds. The van der Waals surface area contributed by atoms with Gasteiger partial charge in [-0.2, -0.15) is 8.75 Å². The van der Waals surface area contributed by atoms with Crippen LogP contribution in [-0.4, -0.2) is 18.7 Å². The number of rotatable bonds is 4. The van der Waals surface area contributed by atoms with Crippen LogP contribution in [-0.2, 0) is 0 Å². The first kappa shape index (κ1) is 17.4. The maximum absolute atomic E-state index is 5.03. The molecule has 2 aromatic carbocycles.